The standard InChI is InChI=1S/C14H16F3NS/c15-14(16,17)19-12-5-3-11(4-6-12)18-13-8-9-1-2-10(13)7-9/h3-6,9-10,13,18H,1-2,7-8H2. The van der Waals surface area contributed by atoms with E-state index in [-0.39, 0.29) is 16.7 Å². The Balaban J connectivity index is 1.60. The third-order valence-corrected chi connectivity index (χ3v) is 4.92. The fourth-order valence-corrected chi connectivity index (χ4v) is 3.93. The lowest BCUT2D eigenvalue weighted by molar-refractivity contribution is -0.0328. The first-order valence-electron chi connectivity index (χ1n) is 6.62. The van der Waals surface area contributed by atoms with Crippen LogP contribution in [0.4, 0.5) is 18.9 Å². The normalized spacial score (nSPS) is 29.7. The average Bonchev–Trinajstić information content (AvgIpc) is 2.92. The van der Waals surface area contributed by atoms with E-state index >= 15 is 0 Å². The summed E-state index contributed by atoms with van der Waals surface area (Å²) in [6.45, 7) is 0. The van der Waals surface area contributed by atoms with Crippen LogP contribution < -0.4 is 5.32 Å². The summed E-state index contributed by atoms with van der Waals surface area (Å²) in [4.78, 5) is 0.242. The van der Waals surface area contributed by atoms with E-state index in [2.05, 4.69) is 5.32 Å². The summed E-state index contributed by atoms with van der Waals surface area (Å²) >= 11 is -0.0635. The third kappa shape index (κ3) is 3.19. The lowest BCUT2D eigenvalue weighted by Crippen LogP contribution is -2.25. The molecular formula is C14H16F3NS. The molecule has 1 aromatic rings. The second-order valence-corrected chi connectivity index (χ2v) is 6.64. The highest BCUT2D eigenvalue weighted by molar-refractivity contribution is 8.00. The number of anilines is 1. The average molecular weight is 287 g/mol. The number of hydrogen-bond acceptors (Lipinski definition) is 2. The van der Waals surface area contributed by atoms with Gasteiger partial charge in [0.15, 0.2) is 0 Å². The van der Waals surface area contributed by atoms with E-state index in [0.29, 0.717) is 6.04 Å². The van der Waals surface area contributed by atoms with Crippen LogP contribution in [0, 0.1) is 11.8 Å². The molecule has 3 atom stereocenters. The van der Waals surface area contributed by atoms with Gasteiger partial charge in [-0.1, -0.05) is 6.42 Å². The summed E-state index contributed by atoms with van der Waals surface area (Å²) < 4.78 is 36.7. The maximum absolute atomic E-state index is 12.2. The van der Waals surface area contributed by atoms with Gasteiger partial charge in [0, 0.05) is 16.6 Å². The third-order valence-electron chi connectivity index (χ3n) is 4.18. The largest absolute Gasteiger partial charge is 0.446 e. The van der Waals surface area contributed by atoms with E-state index in [9.17, 15) is 13.2 Å². The summed E-state index contributed by atoms with van der Waals surface area (Å²) in [5.41, 5.74) is -3.27. The fraction of sp³-hybridized carbons (Fsp3) is 0.571. The molecule has 0 heterocycles. The molecule has 2 aliphatic carbocycles. The molecule has 5 heteroatoms. The molecule has 3 rings (SSSR count). The lowest BCUT2D eigenvalue weighted by Gasteiger charge is -2.24. The van der Waals surface area contributed by atoms with Crippen molar-refractivity contribution in [2.75, 3.05) is 5.32 Å². The van der Waals surface area contributed by atoms with Gasteiger partial charge in [-0.2, -0.15) is 13.2 Å². The van der Waals surface area contributed by atoms with E-state index in [1.54, 1.807) is 12.1 Å². The SMILES string of the molecule is FC(F)(F)Sc1ccc(NC2CC3CCC2C3)cc1. The van der Waals surface area contributed by atoms with Gasteiger partial charge in [0.1, 0.15) is 0 Å². The van der Waals surface area contributed by atoms with Crippen LogP contribution in [0.5, 0.6) is 0 Å². The molecule has 0 aliphatic heterocycles. The van der Waals surface area contributed by atoms with Gasteiger partial charge in [-0.3, -0.25) is 0 Å². The first kappa shape index (κ1) is 13.2. The summed E-state index contributed by atoms with van der Waals surface area (Å²) in [7, 11) is 0. The molecule has 3 unspecified atom stereocenters. The maximum atomic E-state index is 12.2. The zero-order chi connectivity index (χ0) is 13.5. The first-order chi connectivity index (χ1) is 8.99. The van der Waals surface area contributed by atoms with E-state index in [0.717, 1.165) is 17.5 Å². The van der Waals surface area contributed by atoms with Crippen LogP contribution in [0.2, 0.25) is 0 Å². The summed E-state index contributed by atoms with van der Waals surface area (Å²) in [6.07, 6.45) is 5.18. The molecule has 1 nitrogen and oxygen atoms in total. The topological polar surface area (TPSA) is 12.0 Å². The molecule has 2 saturated carbocycles. The molecule has 0 aromatic heterocycles. The zero-order valence-corrected chi connectivity index (χ0v) is 11.2. The number of halogens is 3. The number of nitrogens with one attached hydrogen (secondary N) is 1. The van der Waals surface area contributed by atoms with Crippen molar-refractivity contribution in [2.24, 2.45) is 11.8 Å². The van der Waals surface area contributed by atoms with Crippen LogP contribution in [0.25, 0.3) is 0 Å². The molecule has 0 radical (unpaired) electrons. The van der Waals surface area contributed by atoms with Crippen molar-refractivity contribution >= 4 is 17.4 Å². The number of hydrogen-bond donors (Lipinski definition) is 1. The predicted molar refractivity (Wildman–Crippen MR) is 71.2 cm³/mol. The van der Waals surface area contributed by atoms with Crippen molar-refractivity contribution < 1.29 is 13.2 Å². The molecule has 0 amide bonds. The van der Waals surface area contributed by atoms with Gasteiger partial charge in [-0.05, 0) is 67.1 Å². The van der Waals surface area contributed by atoms with Crippen LogP contribution in [0.15, 0.2) is 29.2 Å². The molecular weight excluding hydrogens is 271 g/mol. The minimum absolute atomic E-state index is 0.0635. The van der Waals surface area contributed by atoms with E-state index in [1.807, 2.05) is 0 Å². The molecule has 2 aliphatic rings. The Morgan fingerprint density at radius 2 is 1.79 bits per heavy atom. The van der Waals surface area contributed by atoms with Gasteiger partial charge in [0.25, 0.3) is 0 Å². The summed E-state index contributed by atoms with van der Waals surface area (Å²) in [5, 5.41) is 3.47. The zero-order valence-electron chi connectivity index (χ0n) is 10.4. The number of thioether (sulfide) groups is 1. The first-order valence-corrected chi connectivity index (χ1v) is 7.43. The Kier molecular flexibility index (Phi) is 3.41. The van der Waals surface area contributed by atoms with Gasteiger partial charge in [0.2, 0.25) is 0 Å². The Labute approximate surface area is 115 Å². The van der Waals surface area contributed by atoms with Gasteiger partial charge in [-0.25, -0.2) is 0 Å². The van der Waals surface area contributed by atoms with Crippen molar-refractivity contribution in [3.05, 3.63) is 24.3 Å². The van der Waals surface area contributed by atoms with E-state index < -0.39 is 5.51 Å². The van der Waals surface area contributed by atoms with Crippen molar-refractivity contribution in [1.29, 1.82) is 0 Å². The monoisotopic (exact) mass is 287 g/mol. The van der Waals surface area contributed by atoms with Gasteiger partial charge < -0.3 is 5.32 Å². The highest BCUT2D eigenvalue weighted by atomic mass is 32.2. The van der Waals surface area contributed by atoms with Crippen LogP contribution >= 0.6 is 11.8 Å². The quantitative estimate of drug-likeness (QED) is 0.794. The molecule has 0 spiro atoms. The smallest absolute Gasteiger partial charge is 0.382 e. The van der Waals surface area contributed by atoms with Crippen molar-refractivity contribution in [3.8, 4) is 0 Å². The van der Waals surface area contributed by atoms with Gasteiger partial charge in [0.05, 0.1) is 0 Å². The minimum atomic E-state index is -4.21. The van der Waals surface area contributed by atoms with Crippen LogP contribution in [0.1, 0.15) is 25.7 Å². The fourth-order valence-electron chi connectivity index (χ4n) is 3.39. The molecule has 104 valence electrons. The van der Waals surface area contributed by atoms with Gasteiger partial charge in [-0.15, -0.1) is 0 Å². The Bertz CT molecular complexity index is 443. The molecule has 0 saturated heterocycles. The van der Waals surface area contributed by atoms with Crippen molar-refractivity contribution in [1.82, 2.24) is 0 Å². The second kappa shape index (κ2) is 4.93. The number of benzene rings is 1. The van der Waals surface area contributed by atoms with E-state index in [1.165, 1.54) is 37.8 Å². The summed E-state index contributed by atoms with van der Waals surface area (Å²) in [5.74, 6) is 1.62. The second-order valence-electron chi connectivity index (χ2n) is 5.50. The van der Waals surface area contributed by atoms with Crippen LogP contribution in [-0.2, 0) is 0 Å². The van der Waals surface area contributed by atoms with Crippen molar-refractivity contribution in [3.63, 3.8) is 0 Å². The Hall–Kier alpha value is -0.840. The molecule has 2 bridgehead atoms. The van der Waals surface area contributed by atoms with Crippen LogP contribution in [-0.4, -0.2) is 11.6 Å². The predicted octanol–water partition coefficient (Wildman–Crippen LogP) is 4.90. The van der Waals surface area contributed by atoms with Crippen molar-refractivity contribution in [2.45, 2.75) is 42.1 Å². The van der Waals surface area contributed by atoms with E-state index in [4.69, 9.17) is 0 Å². The maximum Gasteiger partial charge on any atom is 0.446 e. The molecule has 19 heavy (non-hydrogen) atoms. The number of alkyl halides is 3. The number of rotatable bonds is 3. The molecule has 1 N–H and O–H groups in total. The lowest BCUT2D eigenvalue weighted by atomic mass is 9.95. The molecule has 1 aromatic carbocycles. The Morgan fingerprint density at radius 1 is 1.05 bits per heavy atom. The molecule has 2 fully saturated rings. The number of fused-ring (bicyclic) bond motifs is 2. The highest BCUT2D eigenvalue weighted by Crippen LogP contribution is 2.45. The minimum Gasteiger partial charge on any atom is -0.382 e. The highest BCUT2D eigenvalue weighted by Gasteiger charge is 2.39. The Morgan fingerprint density at radius 3 is 2.32 bits per heavy atom. The summed E-state index contributed by atoms with van der Waals surface area (Å²) in [6, 6.07) is 7.08. The van der Waals surface area contributed by atoms with Crippen LogP contribution in [0.3, 0.4) is 0 Å². The van der Waals surface area contributed by atoms with Gasteiger partial charge >= 0.3 is 5.51 Å².